The van der Waals surface area contributed by atoms with Crippen LogP contribution in [0, 0.1) is 10.1 Å². The van der Waals surface area contributed by atoms with Gasteiger partial charge in [-0.2, -0.15) is 0 Å². The van der Waals surface area contributed by atoms with Gasteiger partial charge in [-0.1, -0.05) is 23.5 Å². The molecule has 0 amide bonds. The van der Waals surface area contributed by atoms with Crippen molar-refractivity contribution in [2.45, 2.75) is 11.5 Å². The maximum absolute atomic E-state index is 11.4. The number of thiophene rings is 1. The number of ether oxygens (including phenoxy) is 1. The number of benzene rings is 1. The Morgan fingerprint density at radius 3 is 2.65 bits per heavy atom. The fourth-order valence-electron chi connectivity index (χ4n) is 1.50. The van der Waals surface area contributed by atoms with Crippen molar-refractivity contribution in [3.05, 3.63) is 51.4 Å². The quantitative estimate of drug-likeness (QED) is 0.668. The zero-order valence-corrected chi connectivity index (χ0v) is 11.7. The molecule has 20 heavy (non-hydrogen) atoms. The van der Waals surface area contributed by atoms with Crippen molar-refractivity contribution in [3.63, 3.8) is 0 Å². The zero-order valence-electron chi connectivity index (χ0n) is 10.1. The lowest BCUT2D eigenvalue weighted by atomic mass is 10.3. The van der Waals surface area contributed by atoms with Crippen LogP contribution in [-0.4, -0.2) is 13.3 Å². The molecule has 2 aromatic rings. The molecule has 7 nitrogen and oxygen atoms in total. The summed E-state index contributed by atoms with van der Waals surface area (Å²) >= 11 is 0.981. The van der Waals surface area contributed by atoms with E-state index in [0.29, 0.717) is 5.56 Å². The van der Waals surface area contributed by atoms with Crippen molar-refractivity contribution in [2.24, 2.45) is 5.14 Å². The molecule has 0 bridgehead atoms. The van der Waals surface area contributed by atoms with E-state index in [4.69, 9.17) is 9.88 Å². The first-order valence-electron chi connectivity index (χ1n) is 5.34. The van der Waals surface area contributed by atoms with Crippen LogP contribution in [-0.2, 0) is 16.6 Å². The molecule has 9 heteroatoms. The van der Waals surface area contributed by atoms with Gasteiger partial charge in [0.25, 0.3) is 0 Å². The first-order valence-corrected chi connectivity index (χ1v) is 7.77. The molecule has 0 saturated carbocycles. The van der Waals surface area contributed by atoms with E-state index in [1.807, 2.05) is 0 Å². The minimum absolute atomic E-state index is 0.00308. The molecule has 0 aliphatic heterocycles. The number of sulfonamides is 1. The highest BCUT2D eigenvalue weighted by molar-refractivity contribution is 7.89. The van der Waals surface area contributed by atoms with E-state index in [-0.39, 0.29) is 22.3 Å². The van der Waals surface area contributed by atoms with Crippen molar-refractivity contribution in [3.8, 4) is 5.75 Å². The zero-order chi connectivity index (χ0) is 14.8. The van der Waals surface area contributed by atoms with Gasteiger partial charge in [0.05, 0.1) is 4.92 Å². The highest BCUT2D eigenvalue weighted by Gasteiger charge is 2.15. The van der Waals surface area contributed by atoms with E-state index >= 15 is 0 Å². The lowest BCUT2D eigenvalue weighted by Gasteiger charge is -2.08. The average molecular weight is 314 g/mol. The maximum Gasteiger partial charge on any atom is 0.324 e. The van der Waals surface area contributed by atoms with Gasteiger partial charge in [0.2, 0.25) is 10.0 Å². The summed E-state index contributed by atoms with van der Waals surface area (Å²) in [7, 11) is -3.88. The second-order valence-corrected chi connectivity index (χ2v) is 6.25. The van der Waals surface area contributed by atoms with Crippen LogP contribution >= 0.6 is 11.3 Å². The van der Waals surface area contributed by atoms with E-state index in [1.165, 1.54) is 24.3 Å². The summed E-state index contributed by atoms with van der Waals surface area (Å²) in [5.74, 6) is 0.115. The highest BCUT2D eigenvalue weighted by Crippen LogP contribution is 2.26. The smallest absolute Gasteiger partial charge is 0.324 e. The van der Waals surface area contributed by atoms with Crippen molar-refractivity contribution < 1.29 is 18.1 Å². The molecular weight excluding hydrogens is 304 g/mol. The van der Waals surface area contributed by atoms with Crippen LogP contribution in [0.4, 0.5) is 5.00 Å². The number of hydrogen-bond donors (Lipinski definition) is 1. The van der Waals surface area contributed by atoms with Gasteiger partial charge in [-0.15, -0.1) is 0 Å². The number of nitro groups is 1. The Kier molecular flexibility index (Phi) is 4.02. The highest BCUT2D eigenvalue weighted by atomic mass is 32.2. The summed E-state index contributed by atoms with van der Waals surface area (Å²) in [5, 5.41) is 17.2. The lowest BCUT2D eigenvalue weighted by Crippen LogP contribution is -2.13. The monoisotopic (exact) mass is 314 g/mol. The van der Waals surface area contributed by atoms with Gasteiger partial charge in [0, 0.05) is 17.0 Å². The molecule has 1 aromatic heterocycles. The summed E-state index contributed by atoms with van der Waals surface area (Å²) < 4.78 is 28.1. The Labute approximate surface area is 118 Å². The number of nitrogens with two attached hydrogens (primary N) is 1. The molecule has 2 rings (SSSR count). The Hall–Kier alpha value is -1.97. The summed E-state index contributed by atoms with van der Waals surface area (Å²) in [5.41, 5.74) is 0.589. The molecule has 106 valence electrons. The Morgan fingerprint density at radius 1 is 1.35 bits per heavy atom. The summed E-state index contributed by atoms with van der Waals surface area (Å²) in [4.78, 5) is 9.94. The normalized spacial score (nSPS) is 11.2. The Balaban J connectivity index is 2.17. The van der Waals surface area contributed by atoms with Gasteiger partial charge in [0.1, 0.15) is 17.3 Å². The minimum Gasteiger partial charge on any atom is -0.487 e. The molecule has 0 aliphatic carbocycles. The van der Waals surface area contributed by atoms with Crippen molar-refractivity contribution in [1.29, 1.82) is 0 Å². The largest absolute Gasteiger partial charge is 0.487 e. The third-order valence-electron chi connectivity index (χ3n) is 2.37. The third kappa shape index (κ3) is 3.32. The summed E-state index contributed by atoms with van der Waals surface area (Å²) in [6.45, 7) is 0.0247. The van der Waals surface area contributed by atoms with E-state index < -0.39 is 14.9 Å². The number of para-hydroxylation sites is 1. The number of hydrogen-bond acceptors (Lipinski definition) is 6. The maximum atomic E-state index is 11.4. The average Bonchev–Trinajstić information content (AvgIpc) is 2.84. The third-order valence-corrected chi connectivity index (χ3v) is 4.25. The number of primary sulfonamides is 1. The molecule has 1 heterocycles. The topological polar surface area (TPSA) is 113 Å². The van der Waals surface area contributed by atoms with Crippen LogP contribution in [0.25, 0.3) is 0 Å². The lowest BCUT2D eigenvalue weighted by molar-refractivity contribution is -0.380. The van der Waals surface area contributed by atoms with Crippen LogP contribution in [0.15, 0.2) is 40.6 Å². The first kappa shape index (κ1) is 14.4. The Bertz CT molecular complexity index is 739. The minimum atomic E-state index is -3.88. The van der Waals surface area contributed by atoms with E-state index in [2.05, 4.69) is 0 Å². The fourth-order valence-corrected chi connectivity index (χ4v) is 2.89. The number of rotatable bonds is 5. The van der Waals surface area contributed by atoms with Gasteiger partial charge >= 0.3 is 5.00 Å². The molecule has 2 N–H and O–H groups in total. The number of nitrogens with zero attached hydrogens (tertiary/aromatic N) is 1. The van der Waals surface area contributed by atoms with Gasteiger partial charge in [-0.05, 0) is 12.1 Å². The van der Waals surface area contributed by atoms with E-state index in [0.717, 1.165) is 11.3 Å². The SMILES string of the molecule is NS(=O)(=O)c1ccccc1OCc1csc([N+](=O)[O-])c1. The van der Waals surface area contributed by atoms with Crippen LogP contribution in [0.3, 0.4) is 0 Å². The molecule has 0 saturated heterocycles. The molecule has 1 aromatic carbocycles. The predicted molar refractivity (Wildman–Crippen MR) is 73.1 cm³/mol. The first-order chi connectivity index (χ1) is 9.38. The van der Waals surface area contributed by atoms with Crippen LogP contribution < -0.4 is 9.88 Å². The summed E-state index contributed by atoms with van der Waals surface area (Å²) in [6.07, 6.45) is 0. The molecule has 0 unspecified atom stereocenters. The Morgan fingerprint density at radius 2 is 2.05 bits per heavy atom. The fraction of sp³-hybridized carbons (Fsp3) is 0.0909. The molecule has 0 atom stereocenters. The van der Waals surface area contributed by atoms with Crippen LogP contribution in [0.2, 0.25) is 0 Å². The van der Waals surface area contributed by atoms with E-state index in [1.54, 1.807) is 11.4 Å². The second-order valence-electron chi connectivity index (χ2n) is 3.83. The standard InChI is InChI=1S/C11H10N2O5S2/c12-20(16,17)10-4-2-1-3-9(10)18-6-8-5-11(13(14)15)19-7-8/h1-5,7H,6H2,(H2,12,16,17). The van der Waals surface area contributed by atoms with Crippen LogP contribution in [0.5, 0.6) is 5.75 Å². The van der Waals surface area contributed by atoms with Crippen molar-refractivity contribution in [1.82, 2.24) is 0 Å². The van der Waals surface area contributed by atoms with Crippen molar-refractivity contribution in [2.75, 3.05) is 0 Å². The van der Waals surface area contributed by atoms with E-state index in [9.17, 15) is 18.5 Å². The molecule has 0 aliphatic rings. The predicted octanol–water partition coefficient (Wildman–Crippen LogP) is 1.88. The van der Waals surface area contributed by atoms with Gasteiger partial charge < -0.3 is 4.74 Å². The van der Waals surface area contributed by atoms with Gasteiger partial charge in [0.15, 0.2) is 0 Å². The second kappa shape index (κ2) is 5.57. The molecular formula is C11H10N2O5S2. The van der Waals surface area contributed by atoms with Gasteiger partial charge in [-0.25, -0.2) is 13.6 Å². The van der Waals surface area contributed by atoms with Crippen molar-refractivity contribution >= 4 is 26.4 Å². The van der Waals surface area contributed by atoms with Gasteiger partial charge in [-0.3, -0.25) is 10.1 Å². The summed E-state index contributed by atoms with van der Waals surface area (Å²) in [6, 6.07) is 7.33. The van der Waals surface area contributed by atoms with Crippen LogP contribution in [0.1, 0.15) is 5.56 Å². The molecule has 0 spiro atoms. The molecule has 0 radical (unpaired) electrons. The molecule has 0 fully saturated rings.